The molecule has 1 atom stereocenters. The molecule has 0 aliphatic rings. The molecule has 5 heteroatoms. The van der Waals surface area contributed by atoms with Gasteiger partial charge in [0.15, 0.2) is 0 Å². The highest BCUT2D eigenvalue weighted by Crippen LogP contribution is 2.18. The molecule has 2 aromatic carbocycles. The van der Waals surface area contributed by atoms with E-state index in [0.717, 1.165) is 22.6 Å². The monoisotopic (exact) mass is 398 g/mol. The van der Waals surface area contributed by atoms with E-state index in [4.69, 9.17) is 0 Å². The van der Waals surface area contributed by atoms with Gasteiger partial charge < -0.3 is 10.2 Å². The molecule has 28 heavy (non-hydrogen) atoms. The summed E-state index contributed by atoms with van der Waals surface area (Å²) in [6, 6.07) is 17.8. The fraction of sp³-hybridized carbons (Fsp3) is 0.391. The quantitative estimate of drug-likeness (QED) is 0.611. The first-order chi connectivity index (χ1) is 13.6. The number of hydrogen-bond acceptors (Lipinski definition) is 3. The van der Waals surface area contributed by atoms with Gasteiger partial charge in [-0.1, -0.05) is 61.5 Å². The van der Waals surface area contributed by atoms with Gasteiger partial charge in [-0.25, -0.2) is 0 Å². The normalized spacial score (nSPS) is 11.7. The molecule has 2 rings (SSSR count). The van der Waals surface area contributed by atoms with Gasteiger partial charge >= 0.3 is 0 Å². The zero-order valence-corrected chi connectivity index (χ0v) is 17.8. The summed E-state index contributed by atoms with van der Waals surface area (Å²) in [4.78, 5) is 27.1. The Balaban J connectivity index is 2.03. The predicted molar refractivity (Wildman–Crippen MR) is 117 cm³/mol. The molecule has 4 nitrogen and oxygen atoms in total. The predicted octanol–water partition coefficient (Wildman–Crippen LogP) is 4.17. The van der Waals surface area contributed by atoms with Crippen molar-refractivity contribution in [3.63, 3.8) is 0 Å². The van der Waals surface area contributed by atoms with E-state index in [9.17, 15) is 9.59 Å². The van der Waals surface area contributed by atoms with Crippen LogP contribution in [0.2, 0.25) is 0 Å². The lowest BCUT2D eigenvalue weighted by atomic mass is 10.1. The van der Waals surface area contributed by atoms with Gasteiger partial charge in [0.2, 0.25) is 11.8 Å². The third-order valence-electron chi connectivity index (χ3n) is 4.81. The highest BCUT2D eigenvalue weighted by Gasteiger charge is 2.27. The van der Waals surface area contributed by atoms with Crippen LogP contribution in [0.3, 0.4) is 0 Å². The zero-order chi connectivity index (χ0) is 20.4. The molecule has 0 unspecified atom stereocenters. The van der Waals surface area contributed by atoms with E-state index in [1.54, 1.807) is 23.7 Å². The van der Waals surface area contributed by atoms with Crippen molar-refractivity contribution in [1.82, 2.24) is 10.2 Å². The van der Waals surface area contributed by atoms with E-state index in [0.29, 0.717) is 19.4 Å². The molecule has 0 bridgehead atoms. The van der Waals surface area contributed by atoms with E-state index < -0.39 is 6.04 Å². The van der Waals surface area contributed by atoms with Gasteiger partial charge in [-0.15, -0.1) is 0 Å². The average molecular weight is 399 g/mol. The fourth-order valence-corrected chi connectivity index (χ4v) is 4.02. The van der Waals surface area contributed by atoms with Crippen molar-refractivity contribution in [3.8, 4) is 0 Å². The number of hydrogen-bond donors (Lipinski definition) is 1. The highest BCUT2D eigenvalue weighted by molar-refractivity contribution is 7.98. The number of likely N-dealkylation sites (N-methyl/N-ethyl adjacent to an activating group) is 1. The third-order valence-corrected chi connectivity index (χ3v) is 5.84. The number of carbonyl (C=O) groups excluding carboxylic acids is 2. The molecule has 2 amide bonds. The SMILES string of the molecule is CC[C@@H](C(=O)NC)N(Cc1ccccc1C)C(=O)CCSCc1ccccc1. The first kappa shape index (κ1) is 22.0. The Kier molecular flexibility index (Phi) is 9.08. The van der Waals surface area contributed by atoms with Crippen molar-refractivity contribution in [2.24, 2.45) is 0 Å². The lowest BCUT2D eigenvalue weighted by molar-refractivity contribution is -0.140. The lowest BCUT2D eigenvalue weighted by Gasteiger charge is -2.30. The standard InChI is InChI=1S/C23H30N2O2S/c1-4-21(23(27)24-3)25(16-20-13-9-8-10-18(20)2)22(26)14-15-28-17-19-11-6-5-7-12-19/h5-13,21H,4,14-17H2,1-3H3,(H,24,27)/t21-/m0/s1. The van der Waals surface area contributed by atoms with Crippen molar-refractivity contribution >= 4 is 23.6 Å². The van der Waals surface area contributed by atoms with E-state index in [1.165, 1.54) is 5.56 Å². The molecule has 150 valence electrons. The number of aryl methyl sites for hydroxylation is 1. The largest absolute Gasteiger partial charge is 0.357 e. The van der Waals surface area contributed by atoms with E-state index in [-0.39, 0.29) is 11.8 Å². The van der Waals surface area contributed by atoms with Crippen LogP contribution in [-0.4, -0.2) is 35.6 Å². The lowest BCUT2D eigenvalue weighted by Crippen LogP contribution is -2.48. The summed E-state index contributed by atoms with van der Waals surface area (Å²) in [6.45, 7) is 4.44. The van der Waals surface area contributed by atoms with Crippen molar-refractivity contribution in [3.05, 3.63) is 71.3 Å². The summed E-state index contributed by atoms with van der Waals surface area (Å²) in [5.41, 5.74) is 3.47. The summed E-state index contributed by atoms with van der Waals surface area (Å²) in [7, 11) is 1.62. The third kappa shape index (κ3) is 6.41. The number of carbonyl (C=O) groups is 2. The van der Waals surface area contributed by atoms with Crippen molar-refractivity contribution in [2.45, 2.75) is 45.0 Å². The molecule has 0 radical (unpaired) electrons. The summed E-state index contributed by atoms with van der Waals surface area (Å²) in [5, 5.41) is 2.70. The van der Waals surface area contributed by atoms with Gasteiger partial charge in [0.1, 0.15) is 6.04 Å². The smallest absolute Gasteiger partial charge is 0.242 e. The number of amides is 2. The Hall–Kier alpha value is -2.27. The number of nitrogens with one attached hydrogen (secondary N) is 1. The van der Waals surface area contributed by atoms with Crippen LogP contribution in [0.15, 0.2) is 54.6 Å². The maximum Gasteiger partial charge on any atom is 0.242 e. The van der Waals surface area contributed by atoms with E-state index >= 15 is 0 Å². The molecule has 0 fully saturated rings. The van der Waals surface area contributed by atoms with Crippen LogP contribution in [-0.2, 0) is 21.9 Å². The Bertz CT molecular complexity index is 764. The van der Waals surface area contributed by atoms with Gasteiger partial charge in [0, 0.05) is 31.5 Å². The van der Waals surface area contributed by atoms with Crippen LogP contribution in [0.4, 0.5) is 0 Å². The molecule has 0 saturated carbocycles. The number of thioether (sulfide) groups is 1. The van der Waals surface area contributed by atoms with Gasteiger partial charge in [-0.3, -0.25) is 9.59 Å². The van der Waals surface area contributed by atoms with Crippen LogP contribution < -0.4 is 5.32 Å². The van der Waals surface area contributed by atoms with Crippen molar-refractivity contribution < 1.29 is 9.59 Å². The van der Waals surface area contributed by atoms with Crippen LogP contribution >= 0.6 is 11.8 Å². The minimum Gasteiger partial charge on any atom is -0.357 e. The van der Waals surface area contributed by atoms with Crippen LogP contribution in [0.25, 0.3) is 0 Å². The Labute approximate surface area is 172 Å². The average Bonchev–Trinajstić information content (AvgIpc) is 2.72. The molecule has 2 aromatic rings. The van der Waals surface area contributed by atoms with Crippen molar-refractivity contribution in [1.29, 1.82) is 0 Å². The summed E-state index contributed by atoms with van der Waals surface area (Å²) in [5.74, 6) is 1.54. The maximum atomic E-state index is 13.0. The van der Waals surface area contributed by atoms with Crippen LogP contribution in [0, 0.1) is 6.92 Å². The van der Waals surface area contributed by atoms with E-state index in [1.807, 2.05) is 56.3 Å². The topological polar surface area (TPSA) is 49.4 Å². The van der Waals surface area contributed by atoms with E-state index in [2.05, 4.69) is 17.4 Å². The van der Waals surface area contributed by atoms with Gasteiger partial charge in [0.05, 0.1) is 0 Å². The Morgan fingerprint density at radius 2 is 1.75 bits per heavy atom. The first-order valence-electron chi connectivity index (χ1n) is 9.74. The summed E-state index contributed by atoms with van der Waals surface area (Å²) in [6.07, 6.45) is 1.02. The van der Waals surface area contributed by atoms with Crippen molar-refractivity contribution in [2.75, 3.05) is 12.8 Å². The van der Waals surface area contributed by atoms with Gasteiger partial charge in [-0.05, 0) is 30.0 Å². The fourth-order valence-electron chi connectivity index (χ4n) is 3.12. The number of benzene rings is 2. The Morgan fingerprint density at radius 3 is 2.39 bits per heavy atom. The second-order valence-electron chi connectivity index (χ2n) is 6.77. The second kappa shape index (κ2) is 11.5. The molecule has 0 aliphatic carbocycles. The minimum atomic E-state index is -0.448. The number of rotatable bonds is 10. The first-order valence-corrected chi connectivity index (χ1v) is 10.9. The summed E-state index contributed by atoms with van der Waals surface area (Å²) < 4.78 is 0. The molecule has 0 aliphatic heterocycles. The molecule has 0 aromatic heterocycles. The maximum absolute atomic E-state index is 13.0. The Morgan fingerprint density at radius 1 is 1.07 bits per heavy atom. The minimum absolute atomic E-state index is 0.0271. The van der Waals surface area contributed by atoms with Crippen LogP contribution in [0.5, 0.6) is 0 Å². The molecule has 0 heterocycles. The summed E-state index contributed by atoms with van der Waals surface area (Å²) >= 11 is 1.75. The molecular weight excluding hydrogens is 368 g/mol. The van der Waals surface area contributed by atoms with Gasteiger partial charge in [-0.2, -0.15) is 11.8 Å². The molecule has 1 N–H and O–H groups in total. The molecular formula is C23H30N2O2S. The van der Waals surface area contributed by atoms with Gasteiger partial charge in [0.25, 0.3) is 0 Å². The number of nitrogens with zero attached hydrogens (tertiary/aromatic N) is 1. The molecule has 0 spiro atoms. The molecule has 0 saturated heterocycles. The van der Waals surface area contributed by atoms with Crippen LogP contribution in [0.1, 0.15) is 36.5 Å². The zero-order valence-electron chi connectivity index (χ0n) is 17.0. The second-order valence-corrected chi connectivity index (χ2v) is 7.88. The highest BCUT2D eigenvalue weighted by atomic mass is 32.2.